The van der Waals surface area contributed by atoms with Crippen LogP contribution in [-0.4, -0.2) is 32.2 Å². The molecule has 1 aromatic carbocycles. The molecular weight excluding hydrogens is 384 g/mol. The summed E-state index contributed by atoms with van der Waals surface area (Å²) < 4.78 is 20.9. The van der Waals surface area contributed by atoms with Crippen LogP contribution in [0, 0.1) is 12.3 Å². The van der Waals surface area contributed by atoms with Gasteiger partial charge in [-0.1, -0.05) is 12.2 Å². The minimum absolute atomic E-state index is 0.569. The fourth-order valence-electron chi connectivity index (χ4n) is 3.22. The van der Waals surface area contributed by atoms with Gasteiger partial charge in [-0.3, -0.25) is 0 Å². The van der Waals surface area contributed by atoms with Crippen LogP contribution in [0.1, 0.15) is 18.9 Å². The van der Waals surface area contributed by atoms with Crippen molar-refractivity contribution in [2.75, 3.05) is 27.9 Å². The molecule has 0 atom stereocenters. The number of benzene rings is 1. The zero-order chi connectivity index (χ0) is 20.8. The quantitative estimate of drug-likeness (QED) is 0.675. The molecule has 0 amide bonds. The molecule has 0 unspecified atom stereocenters. The molecule has 6 heteroatoms. The standard InChI is InChI=1S/C23H24N2O3S/c1-6-8-16-9-7-10-24-19(16)11-15(2)18-14-25-29-23(18)17-12-20(26-3)22(28-5)21(13-17)27-4/h1,7,9,11-14,24H,8,10H2,2-5H3/b15-11+. The Morgan fingerprint density at radius 2 is 1.97 bits per heavy atom. The molecule has 1 aliphatic heterocycles. The highest BCUT2D eigenvalue weighted by Crippen LogP contribution is 2.43. The summed E-state index contributed by atoms with van der Waals surface area (Å²) in [5.74, 6) is 4.51. The Bertz CT molecular complexity index is 1000. The van der Waals surface area contributed by atoms with Gasteiger partial charge in [0.05, 0.1) is 26.2 Å². The molecule has 0 fully saturated rings. The van der Waals surface area contributed by atoms with E-state index >= 15 is 0 Å². The molecular formula is C23H24N2O3S. The van der Waals surface area contributed by atoms with E-state index in [9.17, 15) is 0 Å². The second-order valence-corrected chi connectivity index (χ2v) is 7.21. The van der Waals surface area contributed by atoms with Crippen molar-refractivity contribution in [2.24, 2.45) is 0 Å². The lowest BCUT2D eigenvalue weighted by Gasteiger charge is -2.16. The van der Waals surface area contributed by atoms with Crippen LogP contribution in [0.3, 0.4) is 0 Å². The van der Waals surface area contributed by atoms with Crippen LogP contribution in [0.15, 0.2) is 47.8 Å². The average molecular weight is 409 g/mol. The third-order valence-electron chi connectivity index (χ3n) is 4.65. The summed E-state index contributed by atoms with van der Waals surface area (Å²) in [7, 11) is 4.82. The molecule has 1 aliphatic rings. The molecule has 0 saturated carbocycles. The Morgan fingerprint density at radius 3 is 2.59 bits per heavy atom. The van der Waals surface area contributed by atoms with E-state index in [-0.39, 0.29) is 0 Å². The summed E-state index contributed by atoms with van der Waals surface area (Å²) in [6.45, 7) is 2.86. The highest BCUT2D eigenvalue weighted by atomic mass is 32.1. The predicted octanol–water partition coefficient (Wildman–Crippen LogP) is 4.68. The first-order valence-corrected chi connectivity index (χ1v) is 9.91. The molecule has 0 spiro atoms. The average Bonchev–Trinajstić information content (AvgIpc) is 3.24. The van der Waals surface area contributed by atoms with Gasteiger partial charge in [-0.05, 0) is 47.8 Å². The number of ether oxygens (including phenoxy) is 3. The van der Waals surface area contributed by atoms with Gasteiger partial charge in [-0.15, -0.1) is 12.3 Å². The number of dihydropyridines is 1. The zero-order valence-electron chi connectivity index (χ0n) is 17.0. The normalized spacial score (nSPS) is 13.7. The first-order chi connectivity index (χ1) is 14.1. The van der Waals surface area contributed by atoms with E-state index in [4.69, 9.17) is 20.6 Å². The van der Waals surface area contributed by atoms with Gasteiger partial charge >= 0.3 is 0 Å². The maximum absolute atomic E-state index is 5.52. The molecule has 1 N–H and O–H groups in total. The van der Waals surface area contributed by atoms with Gasteiger partial charge in [0.15, 0.2) is 11.5 Å². The van der Waals surface area contributed by atoms with E-state index in [2.05, 4.69) is 40.8 Å². The lowest BCUT2D eigenvalue weighted by molar-refractivity contribution is 0.324. The van der Waals surface area contributed by atoms with E-state index in [1.54, 1.807) is 21.3 Å². The van der Waals surface area contributed by atoms with Crippen molar-refractivity contribution in [1.29, 1.82) is 0 Å². The van der Waals surface area contributed by atoms with Gasteiger partial charge in [-0.25, -0.2) is 0 Å². The lowest BCUT2D eigenvalue weighted by Crippen LogP contribution is -2.17. The first kappa shape index (κ1) is 20.6. The fourth-order valence-corrected chi connectivity index (χ4v) is 4.02. The van der Waals surface area contributed by atoms with Crippen LogP contribution in [0.4, 0.5) is 0 Å². The topological polar surface area (TPSA) is 52.6 Å². The van der Waals surface area contributed by atoms with Crippen molar-refractivity contribution in [3.63, 3.8) is 0 Å². The summed E-state index contributed by atoms with van der Waals surface area (Å²) in [6.07, 6.45) is 14.3. The summed E-state index contributed by atoms with van der Waals surface area (Å²) >= 11 is 1.43. The van der Waals surface area contributed by atoms with E-state index in [1.165, 1.54) is 11.5 Å². The highest BCUT2D eigenvalue weighted by Gasteiger charge is 2.18. The maximum Gasteiger partial charge on any atom is 0.203 e. The number of nitrogens with one attached hydrogen (secondary N) is 1. The number of terminal acetylenes is 1. The first-order valence-electron chi connectivity index (χ1n) is 9.13. The van der Waals surface area contributed by atoms with E-state index in [1.807, 2.05) is 18.3 Å². The molecule has 1 aromatic heterocycles. The number of nitrogens with zero attached hydrogens (tertiary/aromatic N) is 1. The van der Waals surface area contributed by atoms with Crippen molar-refractivity contribution in [2.45, 2.75) is 13.3 Å². The summed E-state index contributed by atoms with van der Waals surface area (Å²) in [6, 6.07) is 3.88. The van der Waals surface area contributed by atoms with E-state index in [0.717, 1.165) is 39.4 Å². The van der Waals surface area contributed by atoms with Crippen molar-refractivity contribution >= 4 is 17.1 Å². The smallest absolute Gasteiger partial charge is 0.203 e. The molecule has 5 nitrogen and oxygen atoms in total. The number of allylic oxidation sites excluding steroid dienone is 4. The number of aromatic nitrogens is 1. The Morgan fingerprint density at radius 1 is 1.24 bits per heavy atom. The zero-order valence-corrected chi connectivity index (χ0v) is 17.9. The minimum Gasteiger partial charge on any atom is -0.493 e. The molecule has 0 saturated heterocycles. The largest absolute Gasteiger partial charge is 0.493 e. The Hall–Kier alpha value is -3.17. The van der Waals surface area contributed by atoms with Gasteiger partial charge in [0.1, 0.15) is 0 Å². The van der Waals surface area contributed by atoms with Crippen molar-refractivity contribution in [3.8, 4) is 40.0 Å². The highest BCUT2D eigenvalue weighted by molar-refractivity contribution is 7.09. The number of hydrogen-bond donors (Lipinski definition) is 1. The fraction of sp³-hybridized carbons (Fsp3) is 0.261. The molecule has 0 radical (unpaired) electrons. The molecule has 0 bridgehead atoms. The summed E-state index contributed by atoms with van der Waals surface area (Å²) in [5, 5.41) is 3.40. The summed E-state index contributed by atoms with van der Waals surface area (Å²) in [4.78, 5) is 1.03. The van der Waals surface area contributed by atoms with Crippen LogP contribution in [0.25, 0.3) is 16.0 Å². The van der Waals surface area contributed by atoms with Crippen molar-refractivity contribution in [1.82, 2.24) is 9.69 Å². The Labute approximate surface area is 175 Å². The number of rotatable bonds is 7. The lowest BCUT2D eigenvalue weighted by atomic mass is 10.0. The van der Waals surface area contributed by atoms with Crippen LogP contribution < -0.4 is 19.5 Å². The van der Waals surface area contributed by atoms with Crippen LogP contribution in [0.2, 0.25) is 0 Å². The molecule has 3 rings (SSSR count). The Kier molecular flexibility index (Phi) is 6.63. The number of methoxy groups -OCH3 is 3. The van der Waals surface area contributed by atoms with Gasteiger partial charge in [0.25, 0.3) is 0 Å². The second-order valence-electron chi connectivity index (χ2n) is 6.41. The SMILES string of the molecule is C#CCC1=C(/C=C(\C)c2cnsc2-c2cc(OC)c(OC)c(OC)c2)NCC=C1. The van der Waals surface area contributed by atoms with E-state index in [0.29, 0.717) is 23.7 Å². The van der Waals surface area contributed by atoms with E-state index < -0.39 is 0 Å². The monoisotopic (exact) mass is 408 g/mol. The van der Waals surface area contributed by atoms with Gasteiger partial charge in [0.2, 0.25) is 5.75 Å². The third-order valence-corrected chi connectivity index (χ3v) is 5.50. The van der Waals surface area contributed by atoms with Crippen LogP contribution in [-0.2, 0) is 0 Å². The van der Waals surface area contributed by atoms with Gasteiger partial charge in [0, 0.05) is 36.0 Å². The maximum atomic E-state index is 5.52. The summed E-state index contributed by atoms with van der Waals surface area (Å²) in [5.41, 5.74) is 5.25. The molecule has 2 heterocycles. The van der Waals surface area contributed by atoms with Gasteiger partial charge < -0.3 is 19.5 Å². The second kappa shape index (κ2) is 9.35. The van der Waals surface area contributed by atoms with Crippen LogP contribution >= 0.6 is 11.5 Å². The van der Waals surface area contributed by atoms with Crippen molar-refractivity contribution < 1.29 is 14.2 Å². The van der Waals surface area contributed by atoms with Gasteiger partial charge in [-0.2, -0.15) is 4.37 Å². The van der Waals surface area contributed by atoms with Crippen molar-refractivity contribution in [3.05, 3.63) is 53.4 Å². The third kappa shape index (κ3) is 4.30. The predicted molar refractivity (Wildman–Crippen MR) is 118 cm³/mol. The molecule has 2 aromatic rings. The minimum atomic E-state index is 0.569. The van der Waals surface area contributed by atoms with Crippen LogP contribution in [0.5, 0.6) is 17.2 Å². The molecule has 29 heavy (non-hydrogen) atoms. The Balaban J connectivity index is 2.06. The molecule has 150 valence electrons. The number of hydrogen-bond acceptors (Lipinski definition) is 6. The molecule has 0 aliphatic carbocycles.